The van der Waals surface area contributed by atoms with Gasteiger partial charge >= 0.3 is 12.1 Å². The van der Waals surface area contributed by atoms with Crippen LogP contribution < -0.4 is 4.74 Å². The minimum atomic E-state index is -4.61. The second-order valence-electron chi connectivity index (χ2n) is 4.39. The van der Waals surface area contributed by atoms with Gasteiger partial charge in [-0.05, 0) is 37.3 Å². The van der Waals surface area contributed by atoms with E-state index in [-0.39, 0.29) is 11.3 Å². The fraction of sp³-hybridized carbons (Fsp3) is 0.133. The van der Waals surface area contributed by atoms with Gasteiger partial charge in [0.25, 0.3) is 0 Å². The zero-order valence-corrected chi connectivity index (χ0v) is 11.6. The molecule has 0 aliphatic carbocycles. The third-order valence-corrected chi connectivity index (χ3v) is 3.07. The van der Waals surface area contributed by atoms with Crippen molar-refractivity contribution in [2.75, 3.05) is 0 Å². The van der Waals surface area contributed by atoms with E-state index in [1.165, 1.54) is 18.2 Å². The quantitative estimate of drug-likeness (QED) is 0.583. The first-order valence-electron chi connectivity index (χ1n) is 5.93. The van der Waals surface area contributed by atoms with Gasteiger partial charge in [0.05, 0.1) is 16.1 Å². The van der Waals surface area contributed by atoms with Gasteiger partial charge in [-0.3, -0.25) is 0 Å². The molecule has 0 radical (unpaired) electrons. The number of rotatable bonds is 2. The van der Waals surface area contributed by atoms with E-state index in [1.807, 2.05) is 6.92 Å². The maximum Gasteiger partial charge on any atom is 0.417 e. The lowest BCUT2D eigenvalue weighted by atomic mass is 10.1. The van der Waals surface area contributed by atoms with E-state index in [0.29, 0.717) is 6.07 Å². The molecule has 0 N–H and O–H groups in total. The average Bonchev–Trinajstić information content (AvgIpc) is 2.40. The summed E-state index contributed by atoms with van der Waals surface area (Å²) in [4.78, 5) is 11.8. The zero-order valence-electron chi connectivity index (χ0n) is 10.9. The summed E-state index contributed by atoms with van der Waals surface area (Å²) in [5.41, 5.74) is 0.167. The van der Waals surface area contributed by atoms with Crippen molar-refractivity contribution in [3.63, 3.8) is 0 Å². The molecule has 0 spiro atoms. The number of carbonyl (C=O) groups excluding carboxylic acids is 1. The summed E-state index contributed by atoms with van der Waals surface area (Å²) in [7, 11) is 0. The van der Waals surface area contributed by atoms with Crippen molar-refractivity contribution in [1.29, 1.82) is 0 Å². The van der Waals surface area contributed by atoms with E-state index in [4.69, 9.17) is 16.3 Å². The number of halogens is 4. The summed E-state index contributed by atoms with van der Waals surface area (Å²) in [5, 5.41) is -0.447. The Morgan fingerprint density at radius 2 is 1.71 bits per heavy atom. The van der Waals surface area contributed by atoms with Gasteiger partial charge in [-0.1, -0.05) is 29.3 Å². The molecule has 0 fully saturated rings. The van der Waals surface area contributed by atoms with Crippen LogP contribution in [0.25, 0.3) is 0 Å². The van der Waals surface area contributed by atoms with Crippen LogP contribution in [0.2, 0.25) is 5.02 Å². The predicted octanol–water partition coefficient (Wildman–Crippen LogP) is 4.89. The molecule has 0 heterocycles. The second kappa shape index (κ2) is 5.77. The van der Waals surface area contributed by atoms with Crippen LogP contribution in [0.4, 0.5) is 13.2 Å². The van der Waals surface area contributed by atoms with Crippen LogP contribution in [0.5, 0.6) is 5.75 Å². The van der Waals surface area contributed by atoms with E-state index in [0.717, 1.165) is 11.6 Å². The molecule has 0 saturated heterocycles. The predicted molar refractivity (Wildman–Crippen MR) is 72.6 cm³/mol. The smallest absolute Gasteiger partial charge is 0.417 e. The van der Waals surface area contributed by atoms with Crippen LogP contribution >= 0.6 is 11.6 Å². The first kappa shape index (κ1) is 15.4. The Labute approximate surface area is 124 Å². The maximum atomic E-state index is 12.7. The average molecular weight is 315 g/mol. The van der Waals surface area contributed by atoms with E-state index in [1.54, 1.807) is 12.1 Å². The molecule has 6 heteroatoms. The van der Waals surface area contributed by atoms with Crippen molar-refractivity contribution < 1.29 is 22.7 Å². The number of esters is 1. The number of carbonyl (C=O) groups is 1. The largest absolute Gasteiger partial charge is 0.423 e. The summed E-state index contributed by atoms with van der Waals surface area (Å²) in [6.45, 7) is 1.85. The van der Waals surface area contributed by atoms with Gasteiger partial charge in [-0.2, -0.15) is 13.2 Å². The Hall–Kier alpha value is -2.01. The fourth-order valence-corrected chi connectivity index (χ4v) is 1.87. The Balaban J connectivity index is 2.24. The Morgan fingerprint density at radius 1 is 1.10 bits per heavy atom. The molecule has 2 aromatic rings. The first-order valence-corrected chi connectivity index (χ1v) is 6.31. The molecule has 110 valence electrons. The van der Waals surface area contributed by atoms with E-state index < -0.39 is 22.7 Å². The van der Waals surface area contributed by atoms with Gasteiger partial charge in [0, 0.05) is 0 Å². The minimum Gasteiger partial charge on any atom is -0.423 e. The maximum absolute atomic E-state index is 12.7. The van der Waals surface area contributed by atoms with Gasteiger partial charge in [-0.25, -0.2) is 4.79 Å². The van der Waals surface area contributed by atoms with Gasteiger partial charge in [0.1, 0.15) is 5.75 Å². The summed E-state index contributed by atoms with van der Waals surface area (Å²) >= 11 is 5.49. The molecular weight excluding hydrogens is 305 g/mol. The molecule has 2 rings (SSSR count). The minimum absolute atomic E-state index is 0.211. The highest BCUT2D eigenvalue weighted by Gasteiger charge is 2.33. The van der Waals surface area contributed by atoms with Crippen molar-refractivity contribution in [3.8, 4) is 5.75 Å². The van der Waals surface area contributed by atoms with Crippen LogP contribution in [0.1, 0.15) is 21.5 Å². The molecular formula is C15H10ClF3O2. The highest BCUT2D eigenvalue weighted by atomic mass is 35.5. The molecule has 0 aliphatic rings. The van der Waals surface area contributed by atoms with E-state index >= 15 is 0 Å². The summed E-state index contributed by atoms with van der Waals surface area (Å²) in [5.74, 6) is -0.942. The number of alkyl halides is 3. The number of aryl methyl sites for hydroxylation is 1. The number of ether oxygens (including phenoxy) is 1. The molecule has 0 aromatic heterocycles. The van der Waals surface area contributed by atoms with Crippen LogP contribution in [-0.4, -0.2) is 5.97 Å². The summed E-state index contributed by atoms with van der Waals surface area (Å²) in [6, 6.07) is 9.45. The SMILES string of the molecule is Cc1ccc(C(=O)Oc2ccc(Cl)c(C(F)(F)F)c2)cc1. The van der Waals surface area contributed by atoms with Crippen molar-refractivity contribution in [2.24, 2.45) is 0 Å². The van der Waals surface area contributed by atoms with Crippen LogP contribution in [0, 0.1) is 6.92 Å². The van der Waals surface area contributed by atoms with Gasteiger partial charge in [0.2, 0.25) is 0 Å². The molecule has 21 heavy (non-hydrogen) atoms. The van der Waals surface area contributed by atoms with Crippen molar-refractivity contribution in [3.05, 3.63) is 64.2 Å². The monoisotopic (exact) mass is 314 g/mol. The number of hydrogen-bond donors (Lipinski definition) is 0. The van der Waals surface area contributed by atoms with Gasteiger partial charge < -0.3 is 4.74 Å². The molecule has 0 atom stereocenters. The first-order chi connectivity index (χ1) is 9.77. The molecule has 0 bridgehead atoms. The van der Waals surface area contributed by atoms with Crippen LogP contribution in [0.3, 0.4) is 0 Å². The van der Waals surface area contributed by atoms with Crippen molar-refractivity contribution in [1.82, 2.24) is 0 Å². The Morgan fingerprint density at radius 3 is 2.29 bits per heavy atom. The summed E-state index contributed by atoms with van der Waals surface area (Å²) in [6.07, 6.45) is -4.61. The van der Waals surface area contributed by atoms with Crippen LogP contribution in [0.15, 0.2) is 42.5 Å². The third kappa shape index (κ3) is 3.76. The zero-order chi connectivity index (χ0) is 15.6. The van der Waals surface area contributed by atoms with Crippen molar-refractivity contribution >= 4 is 17.6 Å². The highest BCUT2D eigenvalue weighted by Crippen LogP contribution is 2.36. The lowest BCUT2D eigenvalue weighted by molar-refractivity contribution is -0.137. The molecule has 0 amide bonds. The lowest BCUT2D eigenvalue weighted by Gasteiger charge is -2.11. The Kier molecular flexibility index (Phi) is 4.23. The summed E-state index contributed by atoms with van der Waals surface area (Å²) < 4.78 is 43.1. The lowest BCUT2D eigenvalue weighted by Crippen LogP contribution is -2.10. The van der Waals surface area contributed by atoms with E-state index in [9.17, 15) is 18.0 Å². The van der Waals surface area contributed by atoms with Gasteiger partial charge in [-0.15, -0.1) is 0 Å². The third-order valence-electron chi connectivity index (χ3n) is 2.74. The number of hydrogen-bond acceptors (Lipinski definition) is 2. The second-order valence-corrected chi connectivity index (χ2v) is 4.80. The highest BCUT2D eigenvalue weighted by molar-refractivity contribution is 6.31. The molecule has 0 unspecified atom stereocenters. The topological polar surface area (TPSA) is 26.3 Å². The normalized spacial score (nSPS) is 11.3. The Bertz CT molecular complexity index is 664. The van der Waals surface area contributed by atoms with E-state index in [2.05, 4.69) is 0 Å². The molecule has 2 aromatic carbocycles. The molecule has 0 saturated carbocycles. The van der Waals surface area contributed by atoms with Crippen LogP contribution in [-0.2, 0) is 6.18 Å². The standard InChI is InChI=1S/C15H10ClF3O2/c1-9-2-4-10(5-3-9)14(20)21-11-6-7-13(16)12(8-11)15(17,18)19/h2-8H,1H3. The van der Waals surface area contributed by atoms with Crippen molar-refractivity contribution in [2.45, 2.75) is 13.1 Å². The fourth-order valence-electron chi connectivity index (χ4n) is 1.64. The number of benzene rings is 2. The molecule has 0 aliphatic heterocycles. The van der Waals surface area contributed by atoms with Gasteiger partial charge in [0.15, 0.2) is 0 Å². The molecule has 2 nitrogen and oxygen atoms in total.